The highest BCUT2D eigenvalue weighted by atomic mass is 79.9. The molecular weight excluding hydrogens is 482 g/mol. The first-order valence-electron chi connectivity index (χ1n) is 9.46. The van der Waals surface area contributed by atoms with Crippen LogP contribution in [0.1, 0.15) is 16.1 Å². The van der Waals surface area contributed by atoms with Gasteiger partial charge in [-0.2, -0.15) is 0 Å². The molecule has 32 heavy (non-hydrogen) atoms. The highest BCUT2D eigenvalue weighted by Gasteiger charge is 2.15. The number of hydrogen-bond acceptors (Lipinski definition) is 7. The van der Waals surface area contributed by atoms with Crippen molar-refractivity contribution in [2.45, 2.75) is 6.54 Å². The highest BCUT2D eigenvalue weighted by Crippen LogP contribution is 2.24. The number of para-hydroxylation sites is 1. The average molecular weight is 498 g/mol. The Morgan fingerprint density at radius 1 is 1.03 bits per heavy atom. The zero-order valence-electron chi connectivity index (χ0n) is 16.5. The molecule has 9 heteroatoms. The van der Waals surface area contributed by atoms with E-state index in [1.807, 2.05) is 6.07 Å². The van der Waals surface area contributed by atoms with Crippen LogP contribution >= 0.6 is 15.9 Å². The Balaban J connectivity index is 1.43. The summed E-state index contributed by atoms with van der Waals surface area (Å²) < 4.78 is 21.8. The van der Waals surface area contributed by atoms with E-state index in [9.17, 15) is 14.4 Å². The summed E-state index contributed by atoms with van der Waals surface area (Å²) in [5.41, 5.74) is -0.777. The monoisotopic (exact) mass is 497 g/mol. The summed E-state index contributed by atoms with van der Waals surface area (Å²) in [6.45, 7) is -0.167. The van der Waals surface area contributed by atoms with Gasteiger partial charge in [0.05, 0.1) is 17.3 Å². The van der Waals surface area contributed by atoms with E-state index in [2.05, 4.69) is 21.2 Å². The smallest absolute Gasteiger partial charge is 0.349 e. The Hall–Kier alpha value is -3.85. The quantitative estimate of drug-likeness (QED) is 0.233. The van der Waals surface area contributed by atoms with Crippen molar-refractivity contribution in [2.75, 3.05) is 6.61 Å². The van der Waals surface area contributed by atoms with Gasteiger partial charge in [0.2, 0.25) is 0 Å². The van der Waals surface area contributed by atoms with Gasteiger partial charge >= 0.3 is 11.6 Å². The van der Waals surface area contributed by atoms with E-state index in [-0.39, 0.29) is 30.0 Å². The number of hydrogen-bond donors (Lipinski definition) is 1. The zero-order valence-corrected chi connectivity index (χ0v) is 18.1. The highest BCUT2D eigenvalue weighted by molar-refractivity contribution is 9.10. The summed E-state index contributed by atoms with van der Waals surface area (Å²) in [5.74, 6) is 0.0231. The fourth-order valence-electron chi connectivity index (χ4n) is 2.85. The molecule has 1 N–H and O–H groups in total. The van der Waals surface area contributed by atoms with Crippen LogP contribution in [0.2, 0.25) is 0 Å². The van der Waals surface area contributed by atoms with Crippen LogP contribution in [0.25, 0.3) is 11.0 Å². The van der Waals surface area contributed by atoms with E-state index < -0.39 is 17.5 Å². The van der Waals surface area contributed by atoms with Crippen molar-refractivity contribution >= 4 is 38.8 Å². The normalized spacial score (nSPS) is 10.7. The molecule has 4 rings (SSSR count). The lowest BCUT2D eigenvalue weighted by Gasteiger charge is -2.09. The van der Waals surface area contributed by atoms with Gasteiger partial charge in [-0.1, -0.05) is 12.1 Å². The summed E-state index contributed by atoms with van der Waals surface area (Å²) in [6.07, 6.45) is 1.49. The summed E-state index contributed by atoms with van der Waals surface area (Å²) in [6, 6.07) is 16.4. The maximum absolute atomic E-state index is 12.3. The van der Waals surface area contributed by atoms with Crippen molar-refractivity contribution < 1.29 is 27.9 Å². The number of carbonyl (C=O) groups excluding carboxylic acids is 2. The fourth-order valence-corrected chi connectivity index (χ4v) is 3.25. The molecule has 0 aliphatic heterocycles. The third-order valence-corrected chi connectivity index (χ3v) is 5.02. The van der Waals surface area contributed by atoms with Crippen LogP contribution in [0.15, 0.2) is 85.0 Å². The first kappa shape index (κ1) is 21.4. The summed E-state index contributed by atoms with van der Waals surface area (Å²) in [4.78, 5) is 36.7. The number of carbonyl (C=O) groups is 2. The van der Waals surface area contributed by atoms with Crippen molar-refractivity contribution in [1.29, 1.82) is 0 Å². The molecule has 0 bridgehead atoms. The Bertz CT molecular complexity index is 1330. The van der Waals surface area contributed by atoms with Gasteiger partial charge in [-0.15, -0.1) is 0 Å². The van der Waals surface area contributed by atoms with E-state index in [4.69, 9.17) is 18.3 Å². The van der Waals surface area contributed by atoms with Crippen molar-refractivity contribution in [3.8, 4) is 11.5 Å². The molecule has 0 spiro atoms. The number of halogens is 1. The Labute approximate surface area is 189 Å². The van der Waals surface area contributed by atoms with Gasteiger partial charge in [0, 0.05) is 11.5 Å². The third-order valence-electron chi connectivity index (χ3n) is 4.37. The average Bonchev–Trinajstić information content (AvgIpc) is 3.30. The molecule has 0 unspecified atom stereocenters. The molecule has 8 nitrogen and oxygen atoms in total. The minimum absolute atomic E-state index is 0.139. The topological polar surface area (TPSA) is 108 Å². The minimum atomic E-state index is -0.810. The number of benzene rings is 2. The predicted molar refractivity (Wildman–Crippen MR) is 118 cm³/mol. The van der Waals surface area contributed by atoms with Crippen LogP contribution in [0, 0.1) is 0 Å². The number of rotatable bonds is 7. The molecule has 2 heterocycles. The van der Waals surface area contributed by atoms with E-state index in [0.29, 0.717) is 21.4 Å². The van der Waals surface area contributed by atoms with Crippen LogP contribution in [0.4, 0.5) is 0 Å². The van der Waals surface area contributed by atoms with E-state index in [1.165, 1.54) is 24.5 Å². The van der Waals surface area contributed by atoms with Gasteiger partial charge in [0.15, 0.2) is 6.61 Å². The first-order chi connectivity index (χ1) is 15.5. The first-order valence-corrected chi connectivity index (χ1v) is 10.3. The SMILES string of the molecule is O=C(COc1ccccc1Br)Oc1ccc2cc(C(=O)NCc3ccco3)c(=O)oc2c1. The lowest BCUT2D eigenvalue weighted by Crippen LogP contribution is -2.27. The summed E-state index contributed by atoms with van der Waals surface area (Å²) >= 11 is 3.33. The third kappa shape index (κ3) is 5.06. The summed E-state index contributed by atoms with van der Waals surface area (Å²) in [5, 5.41) is 3.09. The van der Waals surface area contributed by atoms with Crippen LogP contribution in [0.5, 0.6) is 11.5 Å². The second-order valence-electron chi connectivity index (χ2n) is 6.60. The molecule has 4 aromatic rings. The Morgan fingerprint density at radius 2 is 1.88 bits per heavy atom. The van der Waals surface area contributed by atoms with Gasteiger partial charge < -0.3 is 23.6 Å². The molecule has 0 saturated carbocycles. The number of esters is 1. The van der Waals surface area contributed by atoms with Crippen molar-refractivity contribution in [3.05, 3.63) is 93.1 Å². The standard InChI is InChI=1S/C23H16BrNO7/c24-18-5-1-2-6-19(18)30-13-21(26)31-15-8-7-14-10-17(23(28)32-20(14)11-15)22(27)25-12-16-4-3-9-29-16/h1-11H,12-13H2,(H,25,27). The molecule has 2 aromatic carbocycles. The van der Waals surface area contributed by atoms with Crippen LogP contribution in [0.3, 0.4) is 0 Å². The second-order valence-corrected chi connectivity index (χ2v) is 7.46. The van der Waals surface area contributed by atoms with Crippen LogP contribution in [-0.2, 0) is 11.3 Å². The Morgan fingerprint density at radius 3 is 2.66 bits per heavy atom. The van der Waals surface area contributed by atoms with E-state index in [1.54, 1.807) is 36.4 Å². The number of ether oxygens (including phenoxy) is 2. The van der Waals surface area contributed by atoms with Gasteiger partial charge in [-0.05, 0) is 58.4 Å². The fraction of sp³-hybridized carbons (Fsp3) is 0.0870. The van der Waals surface area contributed by atoms with Gasteiger partial charge in [-0.25, -0.2) is 9.59 Å². The van der Waals surface area contributed by atoms with Crippen molar-refractivity contribution in [3.63, 3.8) is 0 Å². The predicted octanol–water partition coefficient (Wildman–Crippen LogP) is 4.06. The largest absolute Gasteiger partial charge is 0.481 e. The number of amides is 1. The number of furan rings is 1. The van der Waals surface area contributed by atoms with E-state index >= 15 is 0 Å². The molecule has 0 aliphatic carbocycles. The van der Waals surface area contributed by atoms with Crippen LogP contribution in [-0.4, -0.2) is 18.5 Å². The number of fused-ring (bicyclic) bond motifs is 1. The van der Waals surface area contributed by atoms with Gasteiger partial charge in [-0.3, -0.25) is 4.79 Å². The number of nitrogens with one attached hydrogen (secondary N) is 1. The molecule has 0 fully saturated rings. The molecule has 162 valence electrons. The lowest BCUT2D eigenvalue weighted by atomic mass is 10.1. The molecule has 0 saturated heterocycles. The lowest BCUT2D eigenvalue weighted by molar-refractivity contribution is -0.136. The molecule has 0 aliphatic rings. The van der Waals surface area contributed by atoms with E-state index in [0.717, 1.165) is 0 Å². The molecule has 0 atom stereocenters. The maximum Gasteiger partial charge on any atom is 0.349 e. The van der Waals surface area contributed by atoms with Gasteiger partial charge in [0.1, 0.15) is 28.4 Å². The van der Waals surface area contributed by atoms with Crippen molar-refractivity contribution in [1.82, 2.24) is 5.32 Å². The van der Waals surface area contributed by atoms with Crippen molar-refractivity contribution in [2.24, 2.45) is 0 Å². The molecular formula is C23H16BrNO7. The zero-order chi connectivity index (χ0) is 22.5. The molecule has 2 aromatic heterocycles. The molecule has 0 radical (unpaired) electrons. The van der Waals surface area contributed by atoms with Crippen LogP contribution < -0.4 is 20.4 Å². The second kappa shape index (κ2) is 9.52. The van der Waals surface area contributed by atoms with Gasteiger partial charge in [0.25, 0.3) is 5.91 Å². The molecule has 1 amide bonds. The summed E-state index contributed by atoms with van der Waals surface area (Å²) in [7, 11) is 0. The Kier molecular flexibility index (Phi) is 6.37. The minimum Gasteiger partial charge on any atom is -0.481 e. The maximum atomic E-state index is 12.3.